The molecule has 5 nitrogen and oxygen atoms in total. The van der Waals surface area contributed by atoms with Crippen LogP contribution >= 0.6 is 0 Å². The number of fused-ring (bicyclic) bond motifs is 6. The van der Waals surface area contributed by atoms with Crippen molar-refractivity contribution in [3.8, 4) is 34.4 Å². The van der Waals surface area contributed by atoms with E-state index in [0.717, 1.165) is 55.8 Å². The van der Waals surface area contributed by atoms with E-state index in [0.29, 0.717) is 5.95 Å². The normalized spacial score (nSPS) is 12.3. The van der Waals surface area contributed by atoms with E-state index in [1.165, 1.54) is 16.3 Å². The third-order valence-electron chi connectivity index (χ3n) is 7.75. The average Bonchev–Trinajstić information content (AvgIpc) is 3.55. The van der Waals surface area contributed by atoms with Gasteiger partial charge >= 0.3 is 0 Å². The average molecular weight is 501 g/mol. The number of ether oxygens (including phenoxy) is 1. The fraction of sp³-hybridized carbons (Fsp3) is 0. The highest BCUT2D eigenvalue weighted by Crippen LogP contribution is 2.45. The number of nitrogens with zero attached hydrogens (tertiary/aromatic N) is 4. The van der Waals surface area contributed by atoms with Crippen LogP contribution in [0.2, 0.25) is 0 Å². The third kappa shape index (κ3) is 2.84. The first-order chi connectivity index (χ1) is 19.3. The molecule has 5 heteroatoms. The summed E-state index contributed by atoms with van der Waals surface area (Å²) in [5, 5.41) is 4.56. The minimum absolute atomic E-state index is 0.642. The molecule has 3 aromatic heterocycles. The first-order valence-corrected chi connectivity index (χ1v) is 13.0. The van der Waals surface area contributed by atoms with Gasteiger partial charge in [-0.05, 0) is 60.7 Å². The third-order valence-corrected chi connectivity index (χ3v) is 7.75. The van der Waals surface area contributed by atoms with Crippen molar-refractivity contribution in [2.45, 2.75) is 0 Å². The zero-order valence-electron chi connectivity index (χ0n) is 20.7. The van der Waals surface area contributed by atoms with E-state index in [1.54, 1.807) is 0 Å². The predicted octanol–water partition coefficient (Wildman–Crippen LogP) is 8.44. The highest BCUT2D eigenvalue weighted by molar-refractivity contribution is 6.13. The molecular formula is C34H20N4O. The highest BCUT2D eigenvalue weighted by Gasteiger charge is 2.23. The molecule has 1 aliphatic heterocycles. The molecule has 39 heavy (non-hydrogen) atoms. The van der Waals surface area contributed by atoms with Gasteiger partial charge in [-0.2, -0.15) is 0 Å². The van der Waals surface area contributed by atoms with Crippen LogP contribution < -0.4 is 4.74 Å². The molecule has 0 aliphatic carbocycles. The van der Waals surface area contributed by atoms with Gasteiger partial charge in [-0.3, -0.25) is 4.57 Å². The Morgan fingerprint density at radius 1 is 0.590 bits per heavy atom. The van der Waals surface area contributed by atoms with Gasteiger partial charge in [-0.25, -0.2) is 9.97 Å². The van der Waals surface area contributed by atoms with Crippen molar-refractivity contribution in [3.05, 3.63) is 121 Å². The summed E-state index contributed by atoms with van der Waals surface area (Å²) < 4.78 is 10.6. The number of benzene rings is 5. The number of hydrogen-bond acceptors (Lipinski definition) is 3. The second-order valence-corrected chi connectivity index (χ2v) is 9.92. The van der Waals surface area contributed by atoms with Gasteiger partial charge in [-0.1, -0.05) is 54.6 Å². The van der Waals surface area contributed by atoms with E-state index < -0.39 is 0 Å². The minimum atomic E-state index is 0.642. The molecule has 0 fully saturated rings. The van der Waals surface area contributed by atoms with Gasteiger partial charge in [0.2, 0.25) is 5.95 Å². The van der Waals surface area contributed by atoms with Gasteiger partial charge in [0, 0.05) is 33.6 Å². The molecule has 0 bridgehead atoms. The van der Waals surface area contributed by atoms with E-state index in [9.17, 15) is 0 Å². The Morgan fingerprint density at radius 2 is 1.41 bits per heavy atom. The first-order valence-electron chi connectivity index (χ1n) is 13.0. The molecule has 0 unspecified atom stereocenters. The summed E-state index contributed by atoms with van der Waals surface area (Å²) in [6.07, 6.45) is 2.07. The number of hydrogen-bond donors (Lipinski definition) is 0. The van der Waals surface area contributed by atoms with E-state index in [-0.39, 0.29) is 0 Å². The van der Waals surface area contributed by atoms with Crippen LogP contribution in [0.15, 0.2) is 121 Å². The summed E-state index contributed by atoms with van der Waals surface area (Å²) in [4.78, 5) is 10.1. The lowest BCUT2D eigenvalue weighted by Gasteiger charge is -2.20. The van der Waals surface area contributed by atoms with Crippen molar-refractivity contribution in [2.24, 2.45) is 0 Å². The fourth-order valence-corrected chi connectivity index (χ4v) is 6.02. The summed E-state index contributed by atoms with van der Waals surface area (Å²) >= 11 is 0. The monoisotopic (exact) mass is 500 g/mol. The molecule has 0 N–H and O–H groups in total. The highest BCUT2D eigenvalue weighted by atomic mass is 16.5. The standard InChI is InChI=1S/C34H20N4O/c1-2-9-22(10-3-1)38-27-14-6-4-11-23(27)25-19-21-17-18-37(28(21)20-29(25)38)34-35-26-13-8-16-31-32(26)33(36-34)24-12-5-7-15-30(24)39-31/h1-20H. The maximum Gasteiger partial charge on any atom is 0.235 e. The van der Waals surface area contributed by atoms with Crippen molar-refractivity contribution in [3.63, 3.8) is 0 Å². The van der Waals surface area contributed by atoms with Gasteiger partial charge in [0.1, 0.15) is 11.5 Å². The summed E-state index contributed by atoms with van der Waals surface area (Å²) in [5.41, 5.74) is 7.28. The zero-order chi connectivity index (χ0) is 25.5. The van der Waals surface area contributed by atoms with E-state index in [4.69, 9.17) is 14.7 Å². The lowest BCUT2D eigenvalue weighted by atomic mass is 10.0. The number of aromatic nitrogens is 4. The molecular weight excluding hydrogens is 480 g/mol. The van der Waals surface area contributed by atoms with Crippen LogP contribution in [-0.2, 0) is 0 Å². The zero-order valence-corrected chi connectivity index (χ0v) is 20.7. The maximum absolute atomic E-state index is 6.19. The Morgan fingerprint density at radius 3 is 2.36 bits per heavy atom. The van der Waals surface area contributed by atoms with Gasteiger partial charge in [0.25, 0.3) is 0 Å². The van der Waals surface area contributed by atoms with E-state index in [1.807, 2.05) is 36.4 Å². The van der Waals surface area contributed by atoms with Crippen LogP contribution in [0.1, 0.15) is 0 Å². The maximum atomic E-state index is 6.19. The van der Waals surface area contributed by atoms with Gasteiger partial charge < -0.3 is 9.30 Å². The SMILES string of the molecule is c1ccc(-n2c3ccccc3c3cc4ccn(-c5nc6c7c(cccc7n5)Oc5ccccc5-6)c4cc32)cc1. The van der Waals surface area contributed by atoms with E-state index >= 15 is 0 Å². The first kappa shape index (κ1) is 20.6. The quantitative estimate of drug-likeness (QED) is 0.239. The summed E-state index contributed by atoms with van der Waals surface area (Å²) in [7, 11) is 0. The molecule has 0 amide bonds. The van der Waals surface area contributed by atoms with Crippen LogP contribution in [0.25, 0.3) is 66.5 Å². The summed E-state index contributed by atoms with van der Waals surface area (Å²) in [5.74, 6) is 2.25. The van der Waals surface area contributed by atoms with Crippen molar-refractivity contribution in [2.75, 3.05) is 0 Å². The predicted molar refractivity (Wildman–Crippen MR) is 156 cm³/mol. The summed E-state index contributed by atoms with van der Waals surface area (Å²) in [6, 6.07) is 39.9. The molecule has 8 aromatic rings. The topological polar surface area (TPSA) is 44.9 Å². The molecule has 182 valence electrons. The second-order valence-electron chi connectivity index (χ2n) is 9.92. The van der Waals surface area contributed by atoms with Crippen molar-refractivity contribution < 1.29 is 4.74 Å². The Hall–Kier alpha value is -5.42. The molecule has 0 saturated heterocycles. The van der Waals surface area contributed by atoms with E-state index in [2.05, 4.69) is 94.2 Å². The van der Waals surface area contributed by atoms with Crippen LogP contribution in [0.3, 0.4) is 0 Å². The van der Waals surface area contributed by atoms with Crippen LogP contribution in [0, 0.1) is 0 Å². The lowest BCUT2D eigenvalue weighted by Crippen LogP contribution is -2.06. The molecule has 0 radical (unpaired) electrons. The van der Waals surface area contributed by atoms with Gasteiger partial charge in [0.05, 0.1) is 33.1 Å². The van der Waals surface area contributed by atoms with Gasteiger partial charge in [-0.15, -0.1) is 0 Å². The largest absolute Gasteiger partial charge is 0.456 e. The molecule has 9 rings (SSSR count). The molecule has 4 heterocycles. The smallest absolute Gasteiger partial charge is 0.235 e. The molecule has 1 aliphatic rings. The Labute approximate surface area is 223 Å². The van der Waals surface area contributed by atoms with Gasteiger partial charge in [0.15, 0.2) is 0 Å². The van der Waals surface area contributed by atoms with Crippen molar-refractivity contribution >= 4 is 43.6 Å². The van der Waals surface area contributed by atoms with Crippen LogP contribution in [0.4, 0.5) is 0 Å². The second kappa shape index (κ2) is 7.55. The summed E-state index contributed by atoms with van der Waals surface area (Å²) in [6.45, 7) is 0. The van der Waals surface area contributed by atoms with Crippen LogP contribution in [0.5, 0.6) is 11.5 Å². The fourth-order valence-electron chi connectivity index (χ4n) is 6.02. The molecule has 0 saturated carbocycles. The number of para-hydroxylation sites is 3. The molecule has 0 spiro atoms. The molecule has 0 atom stereocenters. The van der Waals surface area contributed by atoms with Crippen molar-refractivity contribution in [1.29, 1.82) is 0 Å². The Balaban J connectivity index is 1.35. The number of rotatable bonds is 2. The minimum Gasteiger partial charge on any atom is -0.456 e. The Bertz CT molecular complexity index is 2260. The van der Waals surface area contributed by atoms with Crippen LogP contribution in [-0.4, -0.2) is 19.1 Å². The lowest BCUT2D eigenvalue weighted by molar-refractivity contribution is 0.486. The Kier molecular flexibility index (Phi) is 3.99. The van der Waals surface area contributed by atoms with Crippen molar-refractivity contribution in [1.82, 2.24) is 19.1 Å². The molecule has 5 aromatic carbocycles.